The van der Waals surface area contributed by atoms with Gasteiger partial charge in [-0.25, -0.2) is 12.7 Å². The first-order chi connectivity index (χ1) is 11.3. The van der Waals surface area contributed by atoms with Crippen LogP contribution in [0.1, 0.15) is 29.6 Å². The summed E-state index contributed by atoms with van der Waals surface area (Å²) < 4.78 is 25.3. The molecular formula is C16H23N3O4S. The van der Waals surface area contributed by atoms with Crippen molar-refractivity contribution in [1.29, 1.82) is 0 Å². The SMILES string of the molecule is CN(C)S(=O)(=O)c1cccc(C(=O)NCC(=O)N2CCCCC2)c1. The van der Waals surface area contributed by atoms with Crippen molar-refractivity contribution in [3.05, 3.63) is 29.8 Å². The van der Waals surface area contributed by atoms with Gasteiger partial charge in [0, 0.05) is 32.7 Å². The Morgan fingerprint density at radius 3 is 2.46 bits per heavy atom. The van der Waals surface area contributed by atoms with Crippen molar-refractivity contribution in [2.45, 2.75) is 24.2 Å². The summed E-state index contributed by atoms with van der Waals surface area (Å²) in [5, 5.41) is 2.57. The van der Waals surface area contributed by atoms with Gasteiger partial charge in [0.15, 0.2) is 0 Å². The molecule has 0 aliphatic carbocycles. The van der Waals surface area contributed by atoms with Gasteiger partial charge in [0.2, 0.25) is 15.9 Å². The van der Waals surface area contributed by atoms with E-state index in [0.29, 0.717) is 0 Å². The maximum atomic E-state index is 12.2. The van der Waals surface area contributed by atoms with E-state index in [1.165, 1.54) is 38.4 Å². The molecule has 0 atom stereocenters. The Morgan fingerprint density at radius 2 is 1.83 bits per heavy atom. The predicted molar refractivity (Wildman–Crippen MR) is 90.1 cm³/mol. The standard InChI is InChI=1S/C16H23N3O4S/c1-18(2)24(22,23)14-8-6-7-13(11-14)16(21)17-12-15(20)19-9-4-3-5-10-19/h6-8,11H,3-5,9-10,12H2,1-2H3,(H,17,21). The summed E-state index contributed by atoms with van der Waals surface area (Å²) in [5.41, 5.74) is 0.212. The van der Waals surface area contributed by atoms with E-state index < -0.39 is 15.9 Å². The van der Waals surface area contributed by atoms with Crippen molar-refractivity contribution >= 4 is 21.8 Å². The smallest absolute Gasteiger partial charge is 0.251 e. The number of likely N-dealkylation sites (tertiary alicyclic amines) is 1. The number of benzene rings is 1. The van der Waals surface area contributed by atoms with Crippen molar-refractivity contribution in [3.63, 3.8) is 0 Å². The lowest BCUT2D eigenvalue weighted by Gasteiger charge is -2.26. The molecule has 0 unspecified atom stereocenters. The summed E-state index contributed by atoms with van der Waals surface area (Å²) in [6.07, 6.45) is 3.11. The molecule has 2 amide bonds. The first-order valence-corrected chi connectivity index (χ1v) is 9.35. The van der Waals surface area contributed by atoms with Crippen LogP contribution >= 0.6 is 0 Å². The van der Waals surface area contributed by atoms with E-state index in [9.17, 15) is 18.0 Å². The molecule has 24 heavy (non-hydrogen) atoms. The van der Waals surface area contributed by atoms with Crippen LogP contribution in [0.3, 0.4) is 0 Å². The summed E-state index contributed by atoms with van der Waals surface area (Å²) in [5.74, 6) is -0.573. The van der Waals surface area contributed by atoms with Crippen LogP contribution < -0.4 is 5.32 Å². The minimum atomic E-state index is -3.60. The van der Waals surface area contributed by atoms with Gasteiger partial charge in [0.25, 0.3) is 5.91 Å². The molecule has 132 valence electrons. The Labute approximate surface area is 142 Å². The molecule has 0 aromatic heterocycles. The molecule has 8 heteroatoms. The van der Waals surface area contributed by atoms with Crippen LogP contribution in [0, 0.1) is 0 Å². The lowest BCUT2D eigenvalue weighted by Crippen LogP contribution is -2.42. The molecule has 1 aliphatic heterocycles. The molecule has 1 aromatic carbocycles. The molecule has 0 saturated carbocycles. The van der Waals surface area contributed by atoms with Crippen LogP contribution in [0.5, 0.6) is 0 Å². The number of sulfonamides is 1. The van der Waals surface area contributed by atoms with Crippen LogP contribution in [0.2, 0.25) is 0 Å². The van der Waals surface area contributed by atoms with E-state index in [4.69, 9.17) is 0 Å². The van der Waals surface area contributed by atoms with Crippen LogP contribution in [0.15, 0.2) is 29.2 Å². The number of carbonyl (C=O) groups is 2. The largest absolute Gasteiger partial charge is 0.343 e. The highest BCUT2D eigenvalue weighted by Crippen LogP contribution is 2.15. The zero-order valence-electron chi connectivity index (χ0n) is 14.0. The minimum absolute atomic E-state index is 0.0440. The molecule has 0 radical (unpaired) electrons. The Kier molecular flexibility index (Phi) is 5.95. The highest BCUT2D eigenvalue weighted by Gasteiger charge is 2.20. The fourth-order valence-electron chi connectivity index (χ4n) is 2.52. The number of nitrogens with zero attached hydrogens (tertiary/aromatic N) is 2. The monoisotopic (exact) mass is 353 g/mol. The number of hydrogen-bond acceptors (Lipinski definition) is 4. The van der Waals surface area contributed by atoms with Gasteiger partial charge in [-0.05, 0) is 37.5 Å². The Morgan fingerprint density at radius 1 is 1.17 bits per heavy atom. The van der Waals surface area contributed by atoms with Crippen LogP contribution in [0.4, 0.5) is 0 Å². The third kappa shape index (κ3) is 4.33. The molecule has 1 heterocycles. The van der Waals surface area contributed by atoms with E-state index in [1.54, 1.807) is 4.90 Å². The van der Waals surface area contributed by atoms with Crippen molar-refractivity contribution in [2.75, 3.05) is 33.7 Å². The van der Waals surface area contributed by atoms with Crippen LogP contribution in [-0.4, -0.2) is 63.2 Å². The molecule has 1 aliphatic rings. The lowest BCUT2D eigenvalue weighted by atomic mass is 10.1. The van der Waals surface area contributed by atoms with E-state index in [2.05, 4.69) is 5.32 Å². The number of piperidine rings is 1. The number of rotatable bonds is 5. The molecule has 7 nitrogen and oxygen atoms in total. The Balaban J connectivity index is 2.01. The second-order valence-electron chi connectivity index (χ2n) is 5.94. The second kappa shape index (κ2) is 7.76. The summed E-state index contributed by atoms with van der Waals surface area (Å²) in [4.78, 5) is 26.0. The van der Waals surface area contributed by atoms with E-state index in [1.807, 2.05) is 0 Å². The second-order valence-corrected chi connectivity index (χ2v) is 8.09. The average molecular weight is 353 g/mol. The number of amides is 2. The zero-order chi connectivity index (χ0) is 17.7. The van der Waals surface area contributed by atoms with E-state index in [0.717, 1.165) is 36.7 Å². The van der Waals surface area contributed by atoms with Crippen molar-refractivity contribution in [1.82, 2.24) is 14.5 Å². The molecule has 1 fully saturated rings. The van der Waals surface area contributed by atoms with Crippen molar-refractivity contribution in [3.8, 4) is 0 Å². The summed E-state index contributed by atoms with van der Waals surface area (Å²) in [6, 6.07) is 5.79. The highest BCUT2D eigenvalue weighted by atomic mass is 32.2. The van der Waals surface area contributed by atoms with Gasteiger partial charge < -0.3 is 10.2 Å². The van der Waals surface area contributed by atoms with Gasteiger partial charge in [0.05, 0.1) is 11.4 Å². The quantitative estimate of drug-likeness (QED) is 0.843. The predicted octanol–water partition coefficient (Wildman–Crippen LogP) is 0.679. The zero-order valence-corrected chi connectivity index (χ0v) is 14.8. The highest BCUT2D eigenvalue weighted by molar-refractivity contribution is 7.89. The number of nitrogens with one attached hydrogen (secondary N) is 1. The molecule has 1 saturated heterocycles. The molecule has 0 spiro atoms. The summed E-state index contributed by atoms with van der Waals surface area (Å²) in [7, 11) is -0.743. The minimum Gasteiger partial charge on any atom is -0.343 e. The van der Waals surface area contributed by atoms with Gasteiger partial charge in [0.1, 0.15) is 0 Å². The fraction of sp³-hybridized carbons (Fsp3) is 0.500. The van der Waals surface area contributed by atoms with Crippen molar-refractivity contribution in [2.24, 2.45) is 0 Å². The average Bonchev–Trinajstić information content (AvgIpc) is 2.60. The van der Waals surface area contributed by atoms with Gasteiger partial charge in [-0.3, -0.25) is 9.59 Å². The van der Waals surface area contributed by atoms with Crippen molar-refractivity contribution < 1.29 is 18.0 Å². The van der Waals surface area contributed by atoms with Gasteiger partial charge in [-0.15, -0.1) is 0 Å². The molecule has 0 bridgehead atoms. The van der Waals surface area contributed by atoms with E-state index >= 15 is 0 Å². The molecule has 1 N–H and O–H groups in total. The van der Waals surface area contributed by atoms with Gasteiger partial charge in [-0.1, -0.05) is 6.07 Å². The lowest BCUT2D eigenvalue weighted by molar-refractivity contribution is -0.130. The first kappa shape index (κ1) is 18.4. The Hall–Kier alpha value is -1.93. The number of hydrogen-bond donors (Lipinski definition) is 1. The van der Waals surface area contributed by atoms with E-state index in [-0.39, 0.29) is 22.9 Å². The summed E-state index contributed by atoms with van der Waals surface area (Å²) >= 11 is 0. The first-order valence-electron chi connectivity index (χ1n) is 7.91. The molecule has 1 aromatic rings. The topological polar surface area (TPSA) is 86.8 Å². The maximum Gasteiger partial charge on any atom is 0.251 e. The normalized spacial score (nSPS) is 15.4. The van der Waals surface area contributed by atoms with Gasteiger partial charge in [-0.2, -0.15) is 0 Å². The third-order valence-corrected chi connectivity index (χ3v) is 5.79. The molecule has 2 rings (SSSR count). The van der Waals surface area contributed by atoms with Gasteiger partial charge >= 0.3 is 0 Å². The number of carbonyl (C=O) groups excluding carboxylic acids is 2. The van der Waals surface area contributed by atoms with Crippen LogP contribution in [-0.2, 0) is 14.8 Å². The maximum absolute atomic E-state index is 12.2. The Bertz CT molecular complexity index is 710. The fourth-order valence-corrected chi connectivity index (χ4v) is 3.47. The van der Waals surface area contributed by atoms with Crippen LogP contribution in [0.25, 0.3) is 0 Å². The summed E-state index contributed by atoms with van der Waals surface area (Å²) in [6.45, 7) is 1.38. The third-order valence-electron chi connectivity index (χ3n) is 3.98. The molecular weight excluding hydrogens is 330 g/mol.